The Kier molecular flexibility index (Phi) is 5.45. The normalized spacial score (nSPS) is 14.0. The molecule has 1 fully saturated rings. The number of anilines is 1. The molecule has 3 rings (SSSR count). The SMILES string of the molecule is NS(=O)(=O)c1ccc(NC(=S)N(Cc2cccc(O)c2)CC2CC2)cc1. The Morgan fingerprint density at radius 3 is 2.50 bits per heavy atom. The van der Waals surface area contributed by atoms with Gasteiger partial charge in [0, 0.05) is 18.8 Å². The molecule has 26 heavy (non-hydrogen) atoms. The van der Waals surface area contributed by atoms with Gasteiger partial charge >= 0.3 is 0 Å². The van der Waals surface area contributed by atoms with Gasteiger partial charge in [-0.1, -0.05) is 12.1 Å². The Morgan fingerprint density at radius 2 is 1.92 bits per heavy atom. The second kappa shape index (κ2) is 7.61. The first-order chi connectivity index (χ1) is 12.3. The largest absolute Gasteiger partial charge is 0.508 e. The summed E-state index contributed by atoms with van der Waals surface area (Å²) in [6.45, 7) is 1.43. The molecule has 0 saturated heterocycles. The molecule has 1 aliphatic rings. The van der Waals surface area contributed by atoms with E-state index in [1.54, 1.807) is 24.3 Å². The van der Waals surface area contributed by atoms with Crippen LogP contribution < -0.4 is 10.5 Å². The Bertz CT molecular complexity index is 894. The molecule has 0 bridgehead atoms. The second-order valence-corrected chi connectivity index (χ2v) is 8.44. The summed E-state index contributed by atoms with van der Waals surface area (Å²) in [6.07, 6.45) is 2.39. The molecule has 138 valence electrons. The van der Waals surface area contributed by atoms with Crippen molar-refractivity contribution in [2.75, 3.05) is 11.9 Å². The third-order valence-corrected chi connectivity index (χ3v) is 5.47. The number of thiocarbonyl (C=S) groups is 1. The van der Waals surface area contributed by atoms with Gasteiger partial charge in [0.2, 0.25) is 10.0 Å². The first-order valence-electron chi connectivity index (χ1n) is 8.28. The molecule has 0 aromatic heterocycles. The lowest BCUT2D eigenvalue weighted by molar-refractivity contribution is 0.397. The fraction of sp³-hybridized carbons (Fsp3) is 0.278. The molecule has 1 saturated carbocycles. The number of benzene rings is 2. The van der Waals surface area contributed by atoms with Gasteiger partial charge in [0.1, 0.15) is 5.75 Å². The zero-order valence-corrected chi connectivity index (χ0v) is 15.8. The van der Waals surface area contributed by atoms with Gasteiger partial charge in [0.25, 0.3) is 0 Å². The van der Waals surface area contributed by atoms with Gasteiger partial charge in [0.05, 0.1) is 4.90 Å². The number of nitrogens with one attached hydrogen (secondary N) is 1. The Labute approximate surface area is 158 Å². The van der Waals surface area contributed by atoms with E-state index in [9.17, 15) is 13.5 Å². The van der Waals surface area contributed by atoms with Crippen LogP contribution in [0.3, 0.4) is 0 Å². The van der Waals surface area contributed by atoms with Crippen LogP contribution in [0.4, 0.5) is 5.69 Å². The summed E-state index contributed by atoms with van der Waals surface area (Å²) in [6, 6.07) is 13.3. The standard InChI is InChI=1S/C18H21N3O3S2/c19-26(23,24)17-8-6-15(7-9-17)20-18(25)21(11-13-4-5-13)12-14-2-1-3-16(22)10-14/h1-3,6-10,13,22H,4-5,11-12H2,(H,20,25)(H2,19,23,24). The average molecular weight is 392 g/mol. The predicted molar refractivity (Wildman–Crippen MR) is 105 cm³/mol. The third-order valence-electron chi connectivity index (χ3n) is 4.18. The Balaban J connectivity index is 1.70. The highest BCUT2D eigenvalue weighted by Gasteiger charge is 2.25. The number of rotatable bonds is 6. The Hall–Kier alpha value is -2.16. The minimum absolute atomic E-state index is 0.0589. The van der Waals surface area contributed by atoms with Gasteiger partial charge in [-0.3, -0.25) is 0 Å². The van der Waals surface area contributed by atoms with Crippen LogP contribution in [0.25, 0.3) is 0 Å². The van der Waals surface area contributed by atoms with E-state index < -0.39 is 10.0 Å². The van der Waals surface area contributed by atoms with Crippen molar-refractivity contribution in [1.82, 2.24) is 4.90 Å². The molecule has 8 heteroatoms. The van der Waals surface area contributed by atoms with Crippen LogP contribution in [0.2, 0.25) is 0 Å². The minimum atomic E-state index is -3.71. The number of phenols is 1. The zero-order chi connectivity index (χ0) is 18.7. The summed E-state index contributed by atoms with van der Waals surface area (Å²) in [5.74, 6) is 0.864. The maximum Gasteiger partial charge on any atom is 0.238 e. The molecule has 0 radical (unpaired) electrons. The van der Waals surface area contributed by atoms with Crippen molar-refractivity contribution < 1.29 is 13.5 Å². The van der Waals surface area contributed by atoms with E-state index in [1.807, 2.05) is 12.1 Å². The molecule has 0 unspecified atom stereocenters. The van der Waals surface area contributed by atoms with Crippen LogP contribution in [0.15, 0.2) is 53.4 Å². The van der Waals surface area contributed by atoms with Crippen molar-refractivity contribution in [2.45, 2.75) is 24.3 Å². The molecule has 0 aliphatic heterocycles. The van der Waals surface area contributed by atoms with Crippen LogP contribution in [-0.2, 0) is 16.6 Å². The zero-order valence-electron chi connectivity index (χ0n) is 14.1. The monoisotopic (exact) mass is 391 g/mol. The smallest absolute Gasteiger partial charge is 0.238 e. The molecular weight excluding hydrogens is 370 g/mol. The van der Waals surface area contributed by atoms with Gasteiger partial charge < -0.3 is 15.3 Å². The molecule has 6 nitrogen and oxygen atoms in total. The van der Waals surface area contributed by atoms with Crippen molar-refractivity contribution in [2.24, 2.45) is 11.1 Å². The summed E-state index contributed by atoms with van der Waals surface area (Å²) < 4.78 is 22.7. The van der Waals surface area contributed by atoms with Gasteiger partial charge in [-0.05, 0) is 72.9 Å². The van der Waals surface area contributed by atoms with Crippen molar-refractivity contribution >= 4 is 33.0 Å². The molecule has 2 aromatic carbocycles. The average Bonchev–Trinajstić information content (AvgIpc) is 3.38. The van der Waals surface area contributed by atoms with Gasteiger partial charge in [-0.15, -0.1) is 0 Å². The quantitative estimate of drug-likeness (QED) is 0.655. The topological polar surface area (TPSA) is 95.7 Å². The van der Waals surface area contributed by atoms with E-state index in [2.05, 4.69) is 10.2 Å². The number of nitrogens with zero attached hydrogens (tertiary/aromatic N) is 1. The summed E-state index contributed by atoms with van der Waals surface area (Å²) in [7, 11) is -3.71. The van der Waals surface area contributed by atoms with E-state index in [4.69, 9.17) is 17.4 Å². The number of nitrogens with two attached hydrogens (primary N) is 1. The summed E-state index contributed by atoms with van der Waals surface area (Å²) in [4.78, 5) is 2.12. The highest BCUT2D eigenvalue weighted by molar-refractivity contribution is 7.89. The highest BCUT2D eigenvalue weighted by Crippen LogP contribution is 2.30. The Morgan fingerprint density at radius 1 is 1.23 bits per heavy atom. The van der Waals surface area contributed by atoms with Crippen molar-refractivity contribution in [1.29, 1.82) is 0 Å². The van der Waals surface area contributed by atoms with E-state index in [0.717, 1.165) is 12.1 Å². The van der Waals surface area contributed by atoms with Crippen LogP contribution in [0.1, 0.15) is 18.4 Å². The highest BCUT2D eigenvalue weighted by atomic mass is 32.2. The number of phenolic OH excluding ortho intramolecular Hbond substituents is 1. The van der Waals surface area contributed by atoms with Gasteiger partial charge in [-0.25, -0.2) is 13.6 Å². The van der Waals surface area contributed by atoms with E-state index in [-0.39, 0.29) is 10.6 Å². The van der Waals surface area contributed by atoms with Crippen LogP contribution in [0, 0.1) is 5.92 Å². The molecule has 4 N–H and O–H groups in total. The lowest BCUT2D eigenvalue weighted by atomic mass is 10.2. The summed E-state index contributed by atoms with van der Waals surface area (Å²) in [5, 5.41) is 18.5. The summed E-state index contributed by atoms with van der Waals surface area (Å²) >= 11 is 5.55. The van der Waals surface area contributed by atoms with Gasteiger partial charge in [0.15, 0.2) is 5.11 Å². The minimum Gasteiger partial charge on any atom is -0.508 e. The maximum atomic E-state index is 11.3. The van der Waals surface area contributed by atoms with Crippen molar-refractivity contribution in [3.05, 3.63) is 54.1 Å². The molecular formula is C18H21N3O3S2. The summed E-state index contributed by atoms with van der Waals surface area (Å²) in [5.41, 5.74) is 1.67. The lowest BCUT2D eigenvalue weighted by Crippen LogP contribution is -2.35. The van der Waals surface area contributed by atoms with Crippen LogP contribution >= 0.6 is 12.2 Å². The predicted octanol–water partition coefficient (Wildman–Crippen LogP) is 2.65. The molecule has 0 heterocycles. The maximum absolute atomic E-state index is 11.3. The molecule has 2 aromatic rings. The van der Waals surface area contributed by atoms with E-state index in [0.29, 0.717) is 23.3 Å². The van der Waals surface area contributed by atoms with Crippen molar-refractivity contribution in [3.8, 4) is 5.75 Å². The van der Waals surface area contributed by atoms with Gasteiger partial charge in [-0.2, -0.15) is 0 Å². The van der Waals surface area contributed by atoms with E-state index in [1.165, 1.54) is 25.0 Å². The third kappa shape index (κ3) is 5.17. The number of primary sulfonamides is 1. The van der Waals surface area contributed by atoms with Crippen molar-refractivity contribution in [3.63, 3.8) is 0 Å². The first kappa shape index (κ1) is 18.6. The molecule has 0 amide bonds. The molecule has 1 aliphatic carbocycles. The first-order valence-corrected chi connectivity index (χ1v) is 10.2. The molecule has 0 spiro atoms. The number of hydrogen-bond acceptors (Lipinski definition) is 4. The number of sulfonamides is 1. The fourth-order valence-corrected chi connectivity index (χ4v) is 3.41. The second-order valence-electron chi connectivity index (χ2n) is 6.49. The number of hydrogen-bond donors (Lipinski definition) is 3. The van der Waals surface area contributed by atoms with Crippen LogP contribution in [0.5, 0.6) is 5.75 Å². The van der Waals surface area contributed by atoms with Crippen LogP contribution in [-0.4, -0.2) is 30.1 Å². The fourth-order valence-electron chi connectivity index (χ4n) is 2.64. The lowest BCUT2D eigenvalue weighted by Gasteiger charge is -2.26. The van der Waals surface area contributed by atoms with E-state index >= 15 is 0 Å². The molecule has 0 atom stereocenters. The number of aromatic hydroxyl groups is 1.